The minimum Gasteiger partial charge on any atom is -0.324 e. The second kappa shape index (κ2) is 6.38. The molecule has 0 bridgehead atoms. The molecular formula is C12H14BrF3N2O. The topological polar surface area (TPSA) is 55.1 Å². The lowest BCUT2D eigenvalue weighted by Crippen LogP contribution is -2.35. The van der Waals surface area contributed by atoms with Crippen LogP contribution in [0.1, 0.15) is 25.3 Å². The van der Waals surface area contributed by atoms with E-state index in [1.165, 1.54) is 6.07 Å². The maximum absolute atomic E-state index is 12.6. The van der Waals surface area contributed by atoms with Crippen molar-refractivity contribution < 1.29 is 18.0 Å². The third-order valence-electron chi connectivity index (χ3n) is 2.49. The van der Waals surface area contributed by atoms with Crippen molar-refractivity contribution in [2.75, 3.05) is 5.32 Å². The molecule has 1 aromatic rings. The molecule has 1 rings (SSSR count). The number of nitrogens with one attached hydrogen (secondary N) is 1. The summed E-state index contributed by atoms with van der Waals surface area (Å²) in [6.07, 6.45) is -3.26. The van der Waals surface area contributed by atoms with Crippen molar-refractivity contribution in [1.82, 2.24) is 0 Å². The molecule has 1 aromatic carbocycles. The normalized spacial score (nSPS) is 13.2. The van der Waals surface area contributed by atoms with Gasteiger partial charge in [-0.1, -0.05) is 13.3 Å². The smallest absolute Gasteiger partial charge is 0.324 e. The zero-order valence-electron chi connectivity index (χ0n) is 10.2. The molecule has 3 nitrogen and oxygen atoms in total. The molecule has 0 aromatic heterocycles. The van der Waals surface area contributed by atoms with E-state index in [2.05, 4.69) is 21.2 Å². The summed E-state index contributed by atoms with van der Waals surface area (Å²) in [5.74, 6) is -0.498. The van der Waals surface area contributed by atoms with Gasteiger partial charge in [0.1, 0.15) is 0 Å². The quantitative estimate of drug-likeness (QED) is 0.882. The predicted octanol–water partition coefficient (Wildman–Crippen LogP) is 3.53. The number of alkyl halides is 3. The van der Waals surface area contributed by atoms with Crippen molar-refractivity contribution in [2.24, 2.45) is 5.73 Å². The molecule has 19 heavy (non-hydrogen) atoms. The van der Waals surface area contributed by atoms with Gasteiger partial charge in [0.25, 0.3) is 0 Å². The van der Waals surface area contributed by atoms with E-state index in [1.54, 1.807) is 0 Å². The number of carbonyl (C=O) groups excluding carboxylic acids is 1. The van der Waals surface area contributed by atoms with Crippen LogP contribution in [0.3, 0.4) is 0 Å². The molecular weight excluding hydrogens is 325 g/mol. The first-order valence-corrected chi connectivity index (χ1v) is 6.48. The van der Waals surface area contributed by atoms with Crippen LogP contribution in [0.5, 0.6) is 0 Å². The fourth-order valence-electron chi connectivity index (χ4n) is 1.46. The highest BCUT2D eigenvalue weighted by molar-refractivity contribution is 9.10. The molecule has 0 fully saturated rings. The number of halogens is 4. The highest BCUT2D eigenvalue weighted by atomic mass is 79.9. The second-order valence-corrected chi connectivity index (χ2v) is 4.93. The van der Waals surface area contributed by atoms with E-state index < -0.39 is 23.7 Å². The Labute approximate surface area is 117 Å². The number of hydrogen-bond donors (Lipinski definition) is 2. The van der Waals surface area contributed by atoms with E-state index in [1.807, 2.05) is 6.92 Å². The number of rotatable bonds is 4. The Kier molecular flexibility index (Phi) is 5.37. The average Bonchev–Trinajstić information content (AvgIpc) is 2.30. The second-order valence-electron chi connectivity index (χ2n) is 4.08. The zero-order valence-corrected chi connectivity index (χ0v) is 11.8. The Bertz CT molecular complexity index is 463. The SMILES string of the molecule is CCC[C@@H](N)C(=O)Nc1cc(C(F)(F)F)ccc1Br. The standard InChI is InChI=1S/C12H14BrF3N2O/c1-2-3-9(17)11(19)18-10-6-7(12(14,15)16)4-5-8(10)13/h4-6,9H,2-3,17H2,1H3,(H,18,19)/t9-/m1/s1. The third-order valence-corrected chi connectivity index (χ3v) is 3.18. The van der Waals surface area contributed by atoms with Gasteiger partial charge >= 0.3 is 6.18 Å². The van der Waals surface area contributed by atoms with Crippen LogP contribution in [0.25, 0.3) is 0 Å². The van der Waals surface area contributed by atoms with Crippen LogP contribution in [0.2, 0.25) is 0 Å². The van der Waals surface area contributed by atoms with E-state index in [9.17, 15) is 18.0 Å². The van der Waals surface area contributed by atoms with Crippen molar-refractivity contribution in [2.45, 2.75) is 32.0 Å². The van der Waals surface area contributed by atoms with Gasteiger partial charge in [0.2, 0.25) is 5.91 Å². The van der Waals surface area contributed by atoms with Crippen LogP contribution in [-0.2, 0) is 11.0 Å². The van der Waals surface area contributed by atoms with Gasteiger partial charge < -0.3 is 11.1 Å². The Balaban J connectivity index is 2.92. The number of carbonyl (C=O) groups is 1. The molecule has 0 saturated heterocycles. The molecule has 7 heteroatoms. The van der Waals surface area contributed by atoms with Crippen LogP contribution in [0.15, 0.2) is 22.7 Å². The maximum atomic E-state index is 12.6. The van der Waals surface area contributed by atoms with Gasteiger partial charge in [0, 0.05) is 4.47 Å². The van der Waals surface area contributed by atoms with Gasteiger partial charge in [0.05, 0.1) is 17.3 Å². The summed E-state index contributed by atoms with van der Waals surface area (Å²) < 4.78 is 38.1. The van der Waals surface area contributed by atoms with Crippen molar-refractivity contribution in [3.63, 3.8) is 0 Å². The number of nitrogens with two attached hydrogens (primary N) is 1. The highest BCUT2D eigenvalue weighted by Crippen LogP contribution is 2.33. The van der Waals surface area contributed by atoms with Crippen LogP contribution in [0, 0.1) is 0 Å². The molecule has 0 heterocycles. The first-order chi connectivity index (χ1) is 8.75. The molecule has 1 amide bonds. The van der Waals surface area contributed by atoms with Crippen LogP contribution in [0.4, 0.5) is 18.9 Å². The minimum atomic E-state index is -4.45. The van der Waals surface area contributed by atoms with Crippen molar-refractivity contribution in [3.8, 4) is 0 Å². The first-order valence-electron chi connectivity index (χ1n) is 5.69. The van der Waals surface area contributed by atoms with E-state index in [-0.39, 0.29) is 5.69 Å². The minimum absolute atomic E-state index is 0.0615. The summed E-state index contributed by atoms with van der Waals surface area (Å²) in [4.78, 5) is 11.7. The van der Waals surface area contributed by atoms with Crippen molar-refractivity contribution in [3.05, 3.63) is 28.2 Å². The van der Waals surface area contributed by atoms with Gasteiger partial charge in [-0.25, -0.2) is 0 Å². The van der Waals surface area contributed by atoms with Crippen molar-refractivity contribution >= 4 is 27.5 Å². The summed E-state index contributed by atoms with van der Waals surface area (Å²) in [5.41, 5.74) is 4.84. The summed E-state index contributed by atoms with van der Waals surface area (Å²) >= 11 is 3.09. The molecule has 106 valence electrons. The van der Waals surface area contributed by atoms with Crippen molar-refractivity contribution in [1.29, 1.82) is 0 Å². The maximum Gasteiger partial charge on any atom is 0.416 e. The summed E-state index contributed by atoms with van der Waals surface area (Å²) in [6.45, 7) is 1.87. The average molecular weight is 339 g/mol. The Morgan fingerprint density at radius 2 is 2.11 bits per heavy atom. The molecule has 3 N–H and O–H groups in total. The lowest BCUT2D eigenvalue weighted by molar-refractivity contribution is -0.137. The van der Waals surface area contributed by atoms with Gasteiger partial charge in [-0.2, -0.15) is 13.2 Å². The fourth-order valence-corrected chi connectivity index (χ4v) is 1.81. The van der Waals surface area contributed by atoms with E-state index in [0.29, 0.717) is 10.9 Å². The largest absolute Gasteiger partial charge is 0.416 e. The lowest BCUT2D eigenvalue weighted by atomic mass is 10.1. The monoisotopic (exact) mass is 338 g/mol. The van der Waals surface area contributed by atoms with E-state index in [4.69, 9.17) is 5.73 Å². The number of anilines is 1. The van der Waals surface area contributed by atoms with Crippen LogP contribution < -0.4 is 11.1 Å². The highest BCUT2D eigenvalue weighted by Gasteiger charge is 2.31. The van der Waals surface area contributed by atoms with Gasteiger partial charge in [-0.05, 0) is 40.5 Å². The van der Waals surface area contributed by atoms with E-state index in [0.717, 1.165) is 18.6 Å². The van der Waals surface area contributed by atoms with Gasteiger partial charge in [-0.3, -0.25) is 4.79 Å². The molecule has 0 aliphatic carbocycles. The van der Waals surface area contributed by atoms with Gasteiger partial charge in [0.15, 0.2) is 0 Å². The number of amides is 1. The van der Waals surface area contributed by atoms with E-state index >= 15 is 0 Å². The fraction of sp³-hybridized carbons (Fsp3) is 0.417. The summed E-state index contributed by atoms with van der Waals surface area (Å²) in [7, 11) is 0. The molecule has 0 aliphatic heterocycles. The summed E-state index contributed by atoms with van der Waals surface area (Å²) in [6, 6.07) is 2.32. The molecule has 0 aliphatic rings. The Hall–Kier alpha value is -1.08. The molecule has 0 radical (unpaired) electrons. The Morgan fingerprint density at radius 3 is 2.63 bits per heavy atom. The molecule has 1 atom stereocenters. The molecule has 0 unspecified atom stereocenters. The Morgan fingerprint density at radius 1 is 1.47 bits per heavy atom. The third kappa shape index (κ3) is 4.50. The molecule has 0 spiro atoms. The lowest BCUT2D eigenvalue weighted by Gasteiger charge is -2.14. The first kappa shape index (κ1) is 16.0. The molecule has 0 saturated carbocycles. The number of benzene rings is 1. The number of hydrogen-bond acceptors (Lipinski definition) is 2. The van der Waals surface area contributed by atoms with Crippen LogP contribution >= 0.6 is 15.9 Å². The predicted molar refractivity (Wildman–Crippen MR) is 70.7 cm³/mol. The van der Waals surface area contributed by atoms with Crippen LogP contribution in [-0.4, -0.2) is 11.9 Å². The zero-order chi connectivity index (χ0) is 14.6. The summed E-state index contributed by atoms with van der Waals surface area (Å²) in [5, 5.41) is 2.40. The van der Waals surface area contributed by atoms with Gasteiger partial charge in [-0.15, -0.1) is 0 Å².